The third-order valence-corrected chi connectivity index (χ3v) is 2.97. The predicted octanol–water partition coefficient (Wildman–Crippen LogP) is 1.23. The molecule has 0 aliphatic carbocycles. The van der Waals surface area contributed by atoms with E-state index in [0.29, 0.717) is 12.2 Å². The number of hydrogen-bond acceptors (Lipinski definition) is 4. The molecule has 1 rings (SSSR count). The summed E-state index contributed by atoms with van der Waals surface area (Å²) >= 11 is 0. The van der Waals surface area contributed by atoms with Gasteiger partial charge in [-0.15, -0.1) is 0 Å². The van der Waals surface area contributed by atoms with Crippen LogP contribution in [-0.4, -0.2) is 23.1 Å². The summed E-state index contributed by atoms with van der Waals surface area (Å²) in [6, 6.07) is 1.61. The van der Waals surface area contributed by atoms with E-state index in [4.69, 9.17) is 10.3 Å². The molecule has 1 amide bonds. The van der Waals surface area contributed by atoms with Crippen molar-refractivity contribution >= 4 is 5.91 Å². The van der Waals surface area contributed by atoms with Crippen molar-refractivity contribution < 1.29 is 9.32 Å². The zero-order valence-electron chi connectivity index (χ0n) is 10.0. The molecule has 0 saturated heterocycles. The van der Waals surface area contributed by atoms with Crippen LogP contribution < -0.4 is 11.1 Å². The number of aryl methyl sites for hydroxylation is 1. The molecule has 3 N–H and O–H groups in total. The number of hydrogen-bond donors (Lipinski definition) is 2. The monoisotopic (exact) mass is 225 g/mol. The average Bonchev–Trinajstić information content (AvgIpc) is 2.73. The molecule has 1 aromatic rings. The van der Waals surface area contributed by atoms with E-state index in [-0.39, 0.29) is 17.2 Å². The molecule has 5 nitrogen and oxygen atoms in total. The van der Waals surface area contributed by atoms with Crippen molar-refractivity contribution in [3.63, 3.8) is 0 Å². The Kier molecular flexibility index (Phi) is 4.06. The molecular weight excluding hydrogens is 206 g/mol. The van der Waals surface area contributed by atoms with E-state index in [2.05, 4.69) is 10.5 Å². The van der Waals surface area contributed by atoms with Gasteiger partial charge in [0.2, 0.25) is 5.76 Å². The SMILES string of the molecule is CCC(CC)(CN)NC(=O)c1cc(C)no1. The molecule has 90 valence electrons. The summed E-state index contributed by atoms with van der Waals surface area (Å²) in [5, 5.41) is 6.59. The number of aromatic nitrogens is 1. The van der Waals surface area contributed by atoms with Crippen LogP contribution in [0.2, 0.25) is 0 Å². The summed E-state index contributed by atoms with van der Waals surface area (Å²) in [6.45, 7) is 6.19. The van der Waals surface area contributed by atoms with Gasteiger partial charge in [0.05, 0.1) is 11.2 Å². The molecule has 1 heterocycles. The van der Waals surface area contributed by atoms with E-state index >= 15 is 0 Å². The van der Waals surface area contributed by atoms with Crippen molar-refractivity contribution in [3.05, 3.63) is 17.5 Å². The van der Waals surface area contributed by atoms with Crippen LogP contribution in [-0.2, 0) is 0 Å². The molecule has 0 spiro atoms. The fourth-order valence-corrected chi connectivity index (χ4v) is 1.54. The maximum Gasteiger partial charge on any atom is 0.290 e. The summed E-state index contributed by atoms with van der Waals surface area (Å²) < 4.78 is 4.90. The summed E-state index contributed by atoms with van der Waals surface area (Å²) in [5.41, 5.74) is 6.04. The predicted molar refractivity (Wildman–Crippen MR) is 61.1 cm³/mol. The quantitative estimate of drug-likeness (QED) is 0.789. The van der Waals surface area contributed by atoms with Crippen LogP contribution >= 0.6 is 0 Å². The molecule has 0 aliphatic rings. The molecule has 0 unspecified atom stereocenters. The van der Waals surface area contributed by atoms with Crippen LogP contribution in [0.15, 0.2) is 10.6 Å². The first-order valence-electron chi connectivity index (χ1n) is 5.52. The first-order valence-corrected chi connectivity index (χ1v) is 5.52. The van der Waals surface area contributed by atoms with E-state index in [1.54, 1.807) is 13.0 Å². The number of amides is 1. The molecule has 1 aromatic heterocycles. The molecule has 0 atom stereocenters. The van der Waals surface area contributed by atoms with Gasteiger partial charge in [0.15, 0.2) is 0 Å². The second-order valence-corrected chi connectivity index (χ2v) is 3.98. The smallest absolute Gasteiger partial charge is 0.290 e. The Bertz CT molecular complexity index is 348. The van der Waals surface area contributed by atoms with Gasteiger partial charge in [0.25, 0.3) is 5.91 Å². The average molecular weight is 225 g/mol. The van der Waals surface area contributed by atoms with Crippen LogP contribution in [0.4, 0.5) is 0 Å². The van der Waals surface area contributed by atoms with Crippen molar-refractivity contribution in [2.75, 3.05) is 6.54 Å². The van der Waals surface area contributed by atoms with Crippen LogP contribution in [0.5, 0.6) is 0 Å². The normalized spacial score (nSPS) is 11.5. The highest BCUT2D eigenvalue weighted by Crippen LogP contribution is 2.14. The van der Waals surface area contributed by atoms with E-state index in [1.165, 1.54) is 0 Å². The van der Waals surface area contributed by atoms with Crippen molar-refractivity contribution in [3.8, 4) is 0 Å². The van der Waals surface area contributed by atoms with E-state index in [1.807, 2.05) is 13.8 Å². The van der Waals surface area contributed by atoms with Gasteiger partial charge in [-0.2, -0.15) is 0 Å². The Hall–Kier alpha value is -1.36. The van der Waals surface area contributed by atoms with Gasteiger partial charge in [0, 0.05) is 12.6 Å². The van der Waals surface area contributed by atoms with Gasteiger partial charge in [-0.3, -0.25) is 4.79 Å². The second-order valence-electron chi connectivity index (χ2n) is 3.98. The lowest BCUT2D eigenvalue weighted by Gasteiger charge is -2.30. The van der Waals surface area contributed by atoms with Gasteiger partial charge < -0.3 is 15.6 Å². The number of rotatable bonds is 5. The summed E-state index contributed by atoms with van der Waals surface area (Å²) in [7, 11) is 0. The minimum Gasteiger partial charge on any atom is -0.351 e. The van der Waals surface area contributed by atoms with Gasteiger partial charge in [-0.05, 0) is 19.8 Å². The number of carbonyl (C=O) groups excluding carboxylic acids is 1. The lowest BCUT2D eigenvalue weighted by atomic mass is 9.93. The molecular formula is C11H19N3O2. The first-order chi connectivity index (χ1) is 7.56. The minimum absolute atomic E-state index is 0.234. The molecule has 5 heteroatoms. The molecule has 0 radical (unpaired) electrons. The zero-order chi connectivity index (χ0) is 12.2. The Morgan fingerprint density at radius 3 is 2.56 bits per heavy atom. The van der Waals surface area contributed by atoms with Gasteiger partial charge in [-0.25, -0.2) is 0 Å². The highest BCUT2D eigenvalue weighted by Gasteiger charge is 2.28. The standard InChI is InChI=1S/C11H19N3O2/c1-4-11(5-2,7-12)13-10(15)9-6-8(3)14-16-9/h6H,4-5,7,12H2,1-3H3,(H,13,15). The maximum absolute atomic E-state index is 11.8. The lowest BCUT2D eigenvalue weighted by Crippen LogP contribution is -2.52. The zero-order valence-corrected chi connectivity index (χ0v) is 10.0. The van der Waals surface area contributed by atoms with Crippen molar-refractivity contribution in [2.45, 2.75) is 39.2 Å². The van der Waals surface area contributed by atoms with E-state index in [0.717, 1.165) is 12.8 Å². The highest BCUT2D eigenvalue weighted by molar-refractivity contribution is 5.91. The van der Waals surface area contributed by atoms with Gasteiger partial charge in [-0.1, -0.05) is 19.0 Å². The number of nitrogens with two attached hydrogens (primary N) is 1. The summed E-state index contributed by atoms with van der Waals surface area (Å²) in [4.78, 5) is 11.8. The minimum atomic E-state index is -0.349. The number of carbonyl (C=O) groups is 1. The fourth-order valence-electron chi connectivity index (χ4n) is 1.54. The molecule has 0 aliphatic heterocycles. The van der Waals surface area contributed by atoms with Crippen molar-refractivity contribution in [1.82, 2.24) is 10.5 Å². The van der Waals surface area contributed by atoms with Gasteiger partial charge >= 0.3 is 0 Å². The topological polar surface area (TPSA) is 81.1 Å². The Morgan fingerprint density at radius 1 is 1.56 bits per heavy atom. The van der Waals surface area contributed by atoms with Crippen LogP contribution in [0.25, 0.3) is 0 Å². The molecule has 0 saturated carbocycles. The van der Waals surface area contributed by atoms with Crippen LogP contribution in [0.3, 0.4) is 0 Å². The number of nitrogens with zero attached hydrogens (tertiary/aromatic N) is 1. The Labute approximate surface area is 95.4 Å². The third kappa shape index (κ3) is 2.61. The van der Waals surface area contributed by atoms with Gasteiger partial charge in [0.1, 0.15) is 0 Å². The summed E-state index contributed by atoms with van der Waals surface area (Å²) in [6.07, 6.45) is 1.58. The van der Waals surface area contributed by atoms with E-state index < -0.39 is 0 Å². The second kappa shape index (κ2) is 5.12. The Balaban J connectivity index is 2.76. The van der Waals surface area contributed by atoms with Crippen molar-refractivity contribution in [2.24, 2.45) is 5.73 Å². The van der Waals surface area contributed by atoms with Crippen molar-refractivity contribution in [1.29, 1.82) is 0 Å². The number of nitrogens with one attached hydrogen (secondary N) is 1. The molecule has 0 aromatic carbocycles. The molecule has 0 bridgehead atoms. The lowest BCUT2D eigenvalue weighted by molar-refractivity contribution is 0.0857. The molecule has 0 fully saturated rings. The summed E-state index contributed by atoms with van der Waals surface area (Å²) in [5.74, 6) is -0.0213. The van der Waals surface area contributed by atoms with E-state index in [9.17, 15) is 4.79 Å². The van der Waals surface area contributed by atoms with Crippen LogP contribution in [0.1, 0.15) is 42.9 Å². The Morgan fingerprint density at radius 2 is 2.19 bits per heavy atom. The first kappa shape index (κ1) is 12.7. The third-order valence-electron chi connectivity index (χ3n) is 2.97. The van der Waals surface area contributed by atoms with Crippen LogP contribution in [0, 0.1) is 6.92 Å². The fraction of sp³-hybridized carbons (Fsp3) is 0.636. The maximum atomic E-state index is 11.8. The largest absolute Gasteiger partial charge is 0.351 e. The molecule has 16 heavy (non-hydrogen) atoms. The highest BCUT2D eigenvalue weighted by atomic mass is 16.5.